The first-order valence-electron chi connectivity index (χ1n) is 7.25. The van der Waals surface area contributed by atoms with Crippen LogP contribution in [-0.2, 0) is 14.3 Å². The van der Waals surface area contributed by atoms with Crippen molar-refractivity contribution in [2.24, 2.45) is 0 Å². The summed E-state index contributed by atoms with van der Waals surface area (Å²) < 4.78 is 51.5. The number of carbonyl (C=O) groups is 2. The lowest BCUT2D eigenvalue weighted by Gasteiger charge is -2.23. The summed E-state index contributed by atoms with van der Waals surface area (Å²) in [5, 5.41) is 11.6. The van der Waals surface area contributed by atoms with Crippen LogP contribution in [0.25, 0.3) is 0 Å². The van der Waals surface area contributed by atoms with E-state index in [-0.39, 0.29) is 31.1 Å². The normalized spacial score (nSPS) is 20.1. The Morgan fingerprint density at radius 1 is 1.24 bits per heavy atom. The van der Waals surface area contributed by atoms with Gasteiger partial charge in [-0.15, -0.1) is 0 Å². The highest BCUT2D eigenvalue weighted by Crippen LogP contribution is 2.28. The van der Waals surface area contributed by atoms with Gasteiger partial charge in [0.25, 0.3) is 5.91 Å². The molecule has 1 amide bonds. The number of benzene rings is 1. The molecule has 1 atom stereocenters. The zero-order valence-corrected chi connectivity index (χ0v) is 13.0. The van der Waals surface area contributed by atoms with Gasteiger partial charge in [-0.2, -0.15) is 13.2 Å². The maximum Gasteiger partial charge on any atom is 0.422 e. The Bertz CT molecular complexity index is 628. The molecule has 0 spiro atoms. The number of aliphatic carboxylic acids is 1. The van der Waals surface area contributed by atoms with Crippen molar-refractivity contribution in [3.05, 3.63) is 24.3 Å². The number of nitrogens with one attached hydrogen (secondary N) is 1. The van der Waals surface area contributed by atoms with Crippen LogP contribution in [0.5, 0.6) is 11.5 Å². The molecule has 2 N–H and O–H groups in total. The number of carboxylic acids is 1. The van der Waals surface area contributed by atoms with Crippen LogP contribution < -0.4 is 14.8 Å². The zero-order chi connectivity index (χ0) is 18.5. The topological polar surface area (TPSA) is 94.1 Å². The summed E-state index contributed by atoms with van der Waals surface area (Å²) >= 11 is 0. The molecule has 1 fully saturated rings. The largest absolute Gasteiger partial charge is 0.480 e. The van der Waals surface area contributed by atoms with Crippen molar-refractivity contribution in [3.8, 4) is 11.5 Å². The van der Waals surface area contributed by atoms with E-state index in [1.165, 1.54) is 24.3 Å². The molecule has 25 heavy (non-hydrogen) atoms. The van der Waals surface area contributed by atoms with Gasteiger partial charge in [0.1, 0.15) is 0 Å². The second kappa shape index (κ2) is 7.60. The second-order valence-corrected chi connectivity index (χ2v) is 5.38. The van der Waals surface area contributed by atoms with Gasteiger partial charge in [-0.1, -0.05) is 12.1 Å². The van der Waals surface area contributed by atoms with E-state index in [0.717, 1.165) is 0 Å². The quantitative estimate of drug-likeness (QED) is 0.760. The summed E-state index contributed by atoms with van der Waals surface area (Å²) in [6, 6.07) is 5.55. The average molecular weight is 363 g/mol. The highest BCUT2D eigenvalue weighted by Gasteiger charge is 2.44. The lowest BCUT2D eigenvalue weighted by molar-refractivity contribution is -0.153. The number of carbonyl (C=O) groups excluding carboxylic acids is 1. The van der Waals surface area contributed by atoms with Crippen LogP contribution >= 0.6 is 0 Å². The Labute approximate surface area is 140 Å². The van der Waals surface area contributed by atoms with Crippen LogP contribution in [0.15, 0.2) is 24.3 Å². The van der Waals surface area contributed by atoms with Crippen molar-refractivity contribution in [2.45, 2.75) is 18.1 Å². The summed E-state index contributed by atoms with van der Waals surface area (Å²) in [5.41, 5.74) is -1.52. The standard InChI is InChI=1S/C15H16F3NO6/c16-15(17,18)9-25-11-4-2-1-3-10(11)24-7-12(20)19-14(13(21)22)5-6-23-8-14/h1-4H,5-9H2,(H,19,20)(H,21,22). The van der Waals surface area contributed by atoms with Gasteiger partial charge in [0, 0.05) is 13.0 Å². The number of hydrogen-bond donors (Lipinski definition) is 2. The number of amides is 1. The fourth-order valence-electron chi connectivity index (χ4n) is 2.18. The number of carboxylic acid groups (broad SMARTS) is 1. The summed E-state index contributed by atoms with van der Waals surface area (Å²) in [7, 11) is 0. The van der Waals surface area contributed by atoms with Crippen LogP contribution in [0.2, 0.25) is 0 Å². The van der Waals surface area contributed by atoms with E-state index in [2.05, 4.69) is 10.1 Å². The molecule has 2 rings (SSSR count). The fourth-order valence-corrected chi connectivity index (χ4v) is 2.18. The molecule has 0 saturated carbocycles. The molecule has 138 valence electrons. The molecule has 1 heterocycles. The molecule has 0 aromatic heterocycles. The summed E-state index contributed by atoms with van der Waals surface area (Å²) in [6.45, 7) is -2.05. The minimum absolute atomic E-state index is 0.0612. The van der Waals surface area contributed by atoms with Crippen molar-refractivity contribution in [3.63, 3.8) is 0 Å². The monoisotopic (exact) mass is 363 g/mol. The molecule has 1 unspecified atom stereocenters. The van der Waals surface area contributed by atoms with Gasteiger partial charge in [0.05, 0.1) is 6.61 Å². The van der Waals surface area contributed by atoms with Crippen molar-refractivity contribution in [1.82, 2.24) is 5.32 Å². The predicted octanol–water partition coefficient (Wildman–Crippen LogP) is 1.37. The van der Waals surface area contributed by atoms with Crippen LogP contribution in [-0.4, -0.2) is 55.1 Å². The Kier molecular flexibility index (Phi) is 5.73. The Balaban J connectivity index is 1.94. The molecule has 1 aromatic carbocycles. The van der Waals surface area contributed by atoms with E-state index in [9.17, 15) is 27.9 Å². The first-order chi connectivity index (χ1) is 11.7. The molecule has 1 aliphatic heterocycles. The first-order valence-corrected chi connectivity index (χ1v) is 7.25. The lowest BCUT2D eigenvalue weighted by Crippen LogP contribution is -2.56. The van der Waals surface area contributed by atoms with Crippen molar-refractivity contribution >= 4 is 11.9 Å². The minimum atomic E-state index is -4.51. The maximum absolute atomic E-state index is 12.2. The van der Waals surface area contributed by atoms with Gasteiger partial charge >= 0.3 is 12.1 Å². The predicted molar refractivity (Wildman–Crippen MR) is 77.4 cm³/mol. The number of halogens is 3. The number of ether oxygens (including phenoxy) is 3. The number of rotatable bonds is 7. The molecule has 10 heteroatoms. The number of alkyl halides is 3. The lowest BCUT2D eigenvalue weighted by atomic mass is 9.99. The second-order valence-electron chi connectivity index (χ2n) is 5.38. The van der Waals surface area contributed by atoms with Gasteiger partial charge in [-0.05, 0) is 12.1 Å². The number of hydrogen-bond acceptors (Lipinski definition) is 5. The van der Waals surface area contributed by atoms with Crippen molar-refractivity contribution in [2.75, 3.05) is 26.4 Å². The Morgan fingerprint density at radius 2 is 1.88 bits per heavy atom. The van der Waals surface area contributed by atoms with E-state index in [4.69, 9.17) is 9.47 Å². The molecule has 1 aliphatic rings. The van der Waals surface area contributed by atoms with Gasteiger partial charge in [0.2, 0.25) is 0 Å². The molecule has 0 aliphatic carbocycles. The summed E-state index contributed by atoms with van der Waals surface area (Å²) in [6.07, 6.45) is -4.40. The summed E-state index contributed by atoms with van der Waals surface area (Å²) in [4.78, 5) is 23.2. The third-order valence-electron chi connectivity index (χ3n) is 3.41. The third kappa shape index (κ3) is 5.24. The molecule has 1 saturated heterocycles. The van der Waals surface area contributed by atoms with Gasteiger partial charge in [-0.25, -0.2) is 4.79 Å². The van der Waals surface area contributed by atoms with Gasteiger partial charge in [-0.3, -0.25) is 4.79 Å². The smallest absolute Gasteiger partial charge is 0.422 e. The van der Waals surface area contributed by atoms with E-state index in [1.807, 2.05) is 0 Å². The van der Waals surface area contributed by atoms with Crippen LogP contribution in [0.3, 0.4) is 0 Å². The van der Waals surface area contributed by atoms with E-state index >= 15 is 0 Å². The molecule has 1 aromatic rings. The maximum atomic E-state index is 12.2. The van der Waals surface area contributed by atoms with Crippen molar-refractivity contribution in [1.29, 1.82) is 0 Å². The summed E-state index contributed by atoms with van der Waals surface area (Å²) in [5.74, 6) is -2.20. The highest BCUT2D eigenvalue weighted by atomic mass is 19.4. The van der Waals surface area contributed by atoms with Crippen LogP contribution in [0.1, 0.15) is 6.42 Å². The van der Waals surface area contributed by atoms with E-state index < -0.39 is 36.8 Å². The first kappa shape index (κ1) is 18.8. The molecule has 7 nitrogen and oxygen atoms in total. The van der Waals surface area contributed by atoms with Crippen LogP contribution in [0, 0.1) is 0 Å². The molecule has 0 radical (unpaired) electrons. The van der Waals surface area contributed by atoms with Crippen molar-refractivity contribution < 1.29 is 42.1 Å². The number of para-hydroxylation sites is 2. The van der Waals surface area contributed by atoms with E-state index in [0.29, 0.717) is 0 Å². The molecular weight excluding hydrogens is 347 g/mol. The minimum Gasteiger partial charge on any atom is -0.480 e. The average Bonchev–Trinajstić information content (AvgIpc) is 3.01. The Morgan fingerprint density at radius 3 is 2.40 bits per heavy atom. The highest BCUT2D eigenvalue weighted by molar-refractivity contribution is 5.88. The van der Waals surface area contributed by atoms with Gasteiger partial charge in [0.15, 0.2) is 30.3 Å². The molecular formula is C15H16F3NO6. The van der Waals surface area contributed by atoms with E-state index in [1.54, 1.807) is 0 Å². The Hall–Kier alpha value is -2.49. The third-order valence-corrected chi connectivity index (χ3v) is 3.41. The zero-order valence-electron chi connectivity index (χ0n) is 13.0. The fraction of sp³-hybridized carbons (Fsp3) is 0.467. The molecule has 0 bridgehead atoms. The van der Waals surface area contributed by atoms with Crippen LogP contribution in [0.4, 0.5) is 13.2 Å². The van der Waals surface area contributed by atoms with Gasteiger partial charge < -0.3 is 24.6 Å². The SMILES string of the molecule is O=C(COc1ccccc1OCC(F)(F)F)NC1(C(=O)O)CCOC1.